The molecule has 2 aromatic heterocycles. The molecule has 0 bridgehead atoms. The van der Waals surface area contributed by atoms with Crippen LogP contribution in [0.15, 0.2) is 41.5 Å². The Kier molecular flexibility index (Phi) is 7.58. The zero-order chi connectivity index (χ0) is 18.4. The third kappa shape index (κ3) is 5.42. The van der Waals surface area contributed by atoms with Crippen LogP contribution in [0.2, 0.25) is 0 Å². The summed E-state index contributed by atoms with van der Waals surface area (Å²) in [6.07, 6.45) is 1.77. The van der Waals surface area contributed by atoms with Gasteiger partial charge in [-0.15, -0.1) is 24.0 Å². The van der Waals surface area contributed by atoms with Crippen molar-refractivity contribution in [2.45, 2.75) is 13.1 Å². The molecular weight excluding hydrogens is 459 g/mol. The third-order valence-corrected chi connectivity index (χ3v) is 3.89. The molecule has 3 rings (SSSR count). The topological polar surface area (TPSA) is 105 Å². The summed E-state index contributed by atoms with van der Waals surface area (Å²) in [6, 6.07) is 9.57. The van der Waals surface area contributed by atoms with Gasteiger partial charge in [0.2, 0.25) is 0 Å². The van der Waals surface area contributed by atoms with E-state index in [1.165, 1.54) is 0 Å². The first-order chi connectivity index (χ1) is 12.7. The number of guanidine groups is 1. The number of benzene rings is 1. The summed E-state index contributed by atoms with van der Waals surface area (Å²) in [5, 5.41) is 17.8. The van der Waals surface area contributed by atoms with Gasteiger partial charge in [0.05, 0.1) is 25.9 Å². The summed E-state index contributed by atoms with van der Waals surface area (Å²) >= 11 is 0. The number of halogens is 1. The van der Waals surface area contributed by atoms with Crippen LogP contribution >= 0.6 is 24.0 Å². The lowest BCUT2D eigenvalue weighted by molar-refractivity contribution is 0.415. The Hall–Kier alpha value is -2.63. The van der Waals surface area contributed by atoms with E-state index in [0.717, 1.165) is 22.8 Å². The molecule has 0 saturated heterocycles. The van der Waals surface area contributed by atoms with Gasteiger partial charge in [-0.05, 0) is 30.3 Å². The molecule has 0 aliphatic carbocycles. The van der Waals surface area contributed by atoms with Crippen molar-refractivity contribution >= 4 is 29.9 Å². The van der Waals surface area contributed by atoms with Crippen LogP contribution in [0, 0.1) is 0 Å². The lowest BCUT2D eigenvalue weighted by Gasteiger charge is -2.10. The average Bonchev–Trinajstić information content (AvgIpc) is 3.31. The van der Waals surface area contributed by atoms with Gasteiger partial charge in [0.25, 0.3) is 0 Å². The van der Waals surface area contributed by atoms with Crippen LogP contribution in [0.3, 0.4) is 0 Å². The zero-order valence-corrected chi connectivity index (χ0v) is 17.8. The van der Waals surface area contributed by atoms with Crippen LogP contribution in [-0.4, -0.2) is 45.1 Å². The molecule has 9 nitrogen and oxygen atoms in total. The normalized spacial score (nSPS) is 11.0. The van der Waals surface area contributed by atoms with Crippen LogP contribution < -0.4 is 15.4 Å². The predicted molar refractivity (Wildman–Crippen MR) is 114 cm³/mol. The standard InChI is InChI=1S/C17H22N8O.HI/c1-18-17(19-10-13-8-9-21-25(13)2)20-11-15-22-16(24-23-15)12-4-6-14(26-3)7-5-12;/h4-9H,10-11H2,1-3H3,(H2,18,19,20)(H,22,23,24);1H. The van der Waals surface area contributed by atoms with E-state index in [-0.39, 0.29) is 24.0 Å². The van der Waals surface area contributed by atoms with Crippen molar-refractivity contribution in [2.75, 3.05) is 14.2 Å². The smallest absolute Gasteiger partial charge is 0.191 e. The number of aryl methyl sites for hydroxylation is 1. The monoisotopic (exact) mass is 482 g/mol. The predicted octanol–water partition coefficient (Wildman–Crippen LogP) is 1.70. The number of H-pyrrole nitrogens is 1. The van der Waals surface area contributed by atoms with Gasteiger partial charge in [0.15, 0.2) is 11.8 Å². The van der Waals surface area contributed by atoms with Gasteiger partial charge < -0.3 is 15.4 Å². The Bertz CT molecular complexity index is 871. The number of ether oxygens (including phenoxy) is 1. The fraction of sp³-hybridized carbons (Fsp3) is 0.294. The quantitative estimate of drug-likeness (QED) is 0.281. The highest BCUT2D eigenvalue weighted by Crippen LogP contribution is 2.18. The van der Waals surface area contributed by atoms with Crippen LogP contribution in [-0.2, 0) is 20.1 Å². The number of hydrogen-bond donors (Lipinski definition) is 3. The molecule has 0 aliphatic heterocycles. The number of aromatic amines is 1. The second kappa shape index (κ2) is 9.90. The molecule has 0 aliphatic rings. The highest BCUT2D eigenvalue weighted by molar-refractivity contribution is 14.0. The summed E-state index contributed by atoms with van der Waals surface area (Å²) in [5.41, 5.74) is 1.99. The Morgan fingerprint density at radius 3 is 2.56 bits per heavy atom. The first kappa shape index (κ1) is 20.7. The van der Waals surface area contributed by atoms with E-state index in [9.17, 15) is 0 Å². The number of aromatic nitrogens is 5. The summed E-state index contributed by atoms with van der Waals surface area (Å²) in [7, 11) is 5.27. The van der Waals surface area contributed by atoms with Gasteiger partial charge in [-0.2, -0.15) is 10.2 Å². The van der Waals surface area contributed by atoms with Gasteiger partial charge >= 0.3 is 0 Å². The van der Waals surface area contributed by atoms with Crippen molar-refractivity contribution in [1.29, 1.82) is 0 Å². The maximum Gasteiger partial charge on any atom is 0.191 e. The first-order valence-electron chi connectivity index (χ1n) is 8.16. The fourth-order valence-corrected chi connectivity index (χ4v) is 2.38. The number of nitrogens with one attached hydrogen (secondary N) is 3. The average molecular weight is 482 g/mol. The van der Waals surface area contributed by atoms with Gasteiger partial charge in [-0.3, -0.25) is 14.8 Å². The minimum atomic E-state index is 0. The van der Waals surface area contributed by atoms with E-state index in [0.29, 0.717) is 24.9 Å². The van der Waals surface area contributed by atoms with Crippen molar-refractivity contribution in [3.63, 3.8) is 0 Å². The lowest BCUT2D eigenvalue weighted by Crippen LogP contribution is -2.37. The number of hydrogen-bond acceptors (Lipinski definition) is 5. The van der Waals surface area contributed by atoms with E-state index >= 15 is 0 Å². The Labute approximate surface area is 174 Å². The SMILES string of the molecule is CN=C(NCc1nc(-c2ccc(OC)cc2)n[nH]1)NCc1ccnn1C.I. The van der Waals surface area contributed by atoms with Crippen molar-refractivity contribution in [2.24, 2.45) is 12.0 Å². The second-order valence-electron chi connectivity index (χ2n) is 5.56. The molecule has 0 unspecified atom stereocenters. The van der Waals surface area contributed by atoms with E-state index in [2.05, 4.69) is 35.9 Å². The molecule has 3 aromatic rings. The number of nitrogens with zero attached hydrogens (tertiary/aromatic N) is 5. The van der Waals surface area contributed by atoms with Crippen LogP contribution in [0.25, 0.3) is 11.4 Å². The maximum absolute atomic E-state index is 5.16. The number of rotatable bonds is 6. The Morgan fingerprint density at radius 1 is 1.19 bits per heavy atom. The molecule has 2 heterocycles. The third-order valence-electron chi connectivity index (χ3n) is 3.89. The molecule has 1 aromatic carbocycles. The van der Waals surface area contributed by atoms with E-state index < -0.39 is 0 Å². The van der Waals surface area contributed by atoms with Crippen molar-refractivity contribution < 1.29 is 4.74 Å². The van der Waals surface area contributed by atoms with Gasteiger partial charge in [-0.1, -0.05) is 0 Å². The summed E-state index contributed by atoms with van der Waals surface area (Å²) < 4.78 is 6.98. The van der Waals surface area contributed by atoms with Crippen LogP contribution in [0.1, 0.15) is 11.5 Å². The van der Waals surface area contributed by atoms with E-state index in [4.69, 9.17) is 4.74 Å². The van der Waals surface area contributed by atoms with Gasteiger partial charge in [0, 0.05) is 25.9 Å². The van der Waals surface area contributed by atoms with E-state index in [1.54, 1.807) is 20.4 Å². The summed E-state index contributed by atoms with van der Waals surface area (Å²) in [6.45, 7) is 1.11. The summed E-state index contributed by atoms with van der Waals surface area (Å²) in [4.78, 5) is 8.70. The summed E-state index contributed by atoms with van der Waals surface area (Å²) in [5.74, 6) is 2.84. The Morgan fingerprint density at radius 2 is 1.93 bits per heavy atom. The highest BCUT2D eigenvalue weighted by Gasteiger charge is 2.07. The maximum atomic E-state index is 5.16. The minimum absolute atomic E-state index is 0. The molecule has 0 radical (unpaired) electrons. The molecule has 27 heavy (non-hydrogen) atoms. The number of aliphatic imine (C=N–C) groups is 1. The van der Waals surface area contributed by atoms with Crippen LogP contribution in [0.5, 0.6) is 5.75 Å². The van der Waals surface area contributed by atoms with Gasteiger partial charge in [0.1, 0.15) is 11.6 Å². The fourth-order valence-electron chi connectivity index (χ4n) is 2.38. The highest BCUT2D eigenvalue weighted by atomic mass is 127. The van der Waals surface area contributed by atoms with Crippen LogP contribution in [0.4, 0.5) is 0 Å². The molecule has 0 atom stereocenters. The largest absolute Gasteiger partial charge is 0.497 e. The van der Waals surface area contributed by atoms with Crippen molar-refractivity contribution in [3.05, 3.63) is 48.0 Å². The van der Waals surface area contributed by atoms with Crippen molar-refractivity contribution in [1.82, 2.24) is 35.6 Å². The molecule has 144 valence electrons. The molecule has 10 heteroatoms. The molecular formula is C17H23IN8O. The lowest BCUT2D eigenvalue weighted by atomic mass is 10.2. The Balaban J connectivity index is 0.00000261. The van der Waals surface area contributed by atoms with Gasteiger partial charge in [-0.25, -0.2) is 4.98 Å². The number of methoxy groups -OCH3 is 1. The van der Waals surface area contributed by atoms with E-state index in [1.807, 2.05) is 42.1 Å². The second-order valence-corrected chi connectivity index (χ2v) is 5.56. The zero-order valence-electron chi connectivity index (χ0n) is 15.4. The first-order valence-corrected chi connectivity index (χ1v) is 8.16. The van der Waals surface area contributed by atoms with Crippen molar-refractivity contribution in [3.8, 4) is 17.1 Å². The minimum Gasteiger partial charge on any atom is -0.497 e. The molecule has 0 saturated carbocycles. The molecule has 0 spiro atoms. The molecule has 0 amide bonds. The molecule has 3 N–H and O–H groups in total. The molecule has 0 fully saturated rings.